The molecule has 0 aliphatic rings. The molecule has 37 heavy (non-hydrogen) atoms. The van der Waals surface area contributed by atoms with Gasteiger partial charge in [0.1, 0.15) is 0 Å². The van der Waals surface area contributed by atoms with Gasteiger partial charge in [-0.05, 0) is 59.4 Å². The molecule has 0 fully saturated rings. The highest BCUT2D eigenvalue weighted by Crippen LogP contribution is 2.29. The minimum atomic E-state index is -0.247. The zero-order valence-electron chi connectivity index (χ0n) is 21.9. The predicted octanol–water partition coefficient (Wildman–Crippen LogP) is 5.51. The molecule has 190 valence electrons. The van der Waals surface area contributed by atoms with Crippen LogP contribution < -0.4 is 21.9 Å². The number of hydrogen-bond donors (Lipinski definition) is 3. The molecule has 4 N–H and O–H groups in total. The molecule has 0 unspecified atom stereocenters. The number of benzene rings is 3. The number of hydrogen-bond acceptors (Lipinski definition) is 5. The molecule has 0 saturated heterocycles. The molecule has 3 aromatic carbocycles. The largest absolute Gasteiger partial charge is 0.336 e. The highest BCUT2D eigenvalue weighted by atomic mass is 16.1. The van der Waals surface area contributed by atoms with Gasteiger partial charge >= 0.3 is 0 Å². The van der Waals surface area contributed by atoms with Crippen molar-refractivity contribution >= 4 is 23.1 Å². The lowest BCUT2D eigenvalue weighted by Crippen LogP contribution is -2.21. The molecule has 0 saturated carbocycles. The zero-order chi connectivity index (χ0) is 26.7. The summed E-state index contributed by atoms with van der Waals surface area (Å²) in [6.45, 7) is 8.76. The molecule has 4 rings (SSSR count). The van der Waals surface area contributed by atoms with E-state index in [4.69, 9.17) is 5.73 Å². The van der Waals surface area contributed by atoms with Gasteiger partial charge in [-0.15, -0.1) is 0 Å². The van der Waals surface area contributed by atoms with E-state index in [1.54, 1.807) is 13.2 Å². The lowest BCUT2D eigenvalue weighted by molar-refractivity contribution is 0.102. The van der Waals surface area contributed by atoms with Crippen LogP contribution in [0.2, 0.25) is 0 Å². The van der Waals surface area contributed by atoms with Crippen LogP contribution in [0.4, 0.5) is 17.2 Å². The number of nitrogens with one attached hydrogen (secondary N) is 2. The van der Waals surface area contributed by atoms with Gasteiger partial charge in [0, 0.05) is 42.3 Å². The van der Waals surface area contributed by atoms with Crippen LogP contribution in [0.1, 0.15) is 47.8 Å². The Morgan fingerprint density at radius 1 is 1.03 bits per heavy atom. The number of anilines is 3. The maximum absolute atomic E-state index is 13.0. The Hall–Kier alpha value is -4.23. The van der Waals surface area contributed by atoms with Crippen molar-refractivity contribution in [3.05, 3.63) is 106 Å². The van der Waals surface area contributed by atoms with Crippen LogP contribution in [0.25, 0.3) is 11.3 Å². The van der Waals surface area contributed by atoms with Crippen LogP contribution in [-0.4, -0.2) is 15.5 Å². The third-order valence-corrected chi connectivity index (χ3v) is 6.37. The maximum atomic E-state index is 13.0. The number of nitrogens with two attached hydrogens (primary N) is 1. The number of carbonyl (C=O) groups excluding carboxylic acids is 1. The Labute approximate surface area is 217 Å². The van der Waals surface area contributed by atoms with Gasteiger partial charge in [-0.25, -0.2) is 4.98 Å². The van der Waals surface area contributed by atoms with E-state index in [0.717, 1.165) is 22.4 Å². The molecule has 4 aromatic rings. The van der Waals surface area contributed by atoms with Gasteiger partial charge in [-0.1, -0.05) is 57.2 Å². The molecule has 7 nitrogen and oxygen atoms in total. The fraction of sp³-hybridized carbons (Fsp3) is 0.233. The Morgan fingerprint density at radius 3 is 2.41 bits per heavy atom. The second kappa shape index (κ2) is 10.4. The van der Waals surface area contributed by atoms with E-state index in [-0.39, 0.29) is 22.7 Å². The standard InChI is InChI=1S/C30H33N5O2/c1-19-24(10-7-11-25(19)34-28(36)21-12-14-22(15-13-21)30(2,3)4)26-18-35(5)29(37)27(33-26)32-23-9-6-8-20(16-23)17-31/h6-16,18H,17,31H2,1-5H3,(H,32,33)(H,34,36). The highest BCUT2D eigenvalue weighted by molar-refractivity contribution is 6.05. The van der Waals surface area contributed by atoms with Crippen molar-refractivity contribution in [3.8, 4) is 11.3 Å². The summed E-state index contributed by atoms with van der Waals surface area (Å²) < 4.78 is 1.50. The van der Waals surface area contributed by atoms with Crippen molar-refractivity contribution in [2.24, 2.45) is 12.8 Å². The SMILES string of the molecule is Cc1c(NC(=O)c2ccc(C(C)(C)C)cc2)cccc1-c1cn(C)c(=O)c(Nc2cccc(CN)c2)n1. The van der Waals surface area contributed by atoms with Crippen LogP contribution in [0.15, 0.2) is 77.7 Å². The van der Waals surface area contributed by atoms with Crippen molar-refractivity contribution in [2.75, 3.05) is 10.6 Å². The molecule has 7 heteroatoms. The first-order chi connectivity index (χ1) is 17.6. The molecular weight excluding hydrogens is 462 g/mol. The molecule has 0 bridgehead atoms. The van der Waals surface area contributed by atoms with Gasteiger partial charge in [-0.2, -0.15) is 0 Å². The van der Waals surface area contributed by atoms with Crippen LogP contribution in [-0.2, 0) is 19.0 Å². The molecule has 0 aliphatic carbocycles. The van der Waals surface area contributed by atoms with Crippen LogP contribution in [0, 0.1) is 6.92 Å². The summed E-state index contributed by atoms with van der Waals surface area (Å²) >= 11 is 0. The summed E-state index contributed by atoms with van der Waals surface area (Å²) in [6.07, 6.45) is 1.70. The van der Waals surface area contributed by atoms with E-state index in [9.17, 15) is 9.59 Å². The van der Waals surface area contributed by atoms with E-state index in [2.05, 4.69) is 36.4 Å². The number of amides is 1. The van der Waals surface area contributed by atoms with Gasteiger partial charge in [0.15, 0.2) is 5.82 Å². The second-order valence-corrected chi connectivity index (χ2v) is 10.2. The van der Waals surface area contributed by atoms with Crippen LogP contribution in [0.5, 0.6) is 0 Å². The first kappa shape index (κ1) is 25.9. The van der Waals surface area contributed by atoms with Gasteiger partial charge in [0.2, 0.25) is 0 Å². The molecule has 0 aliphatic heterocycles. The van der Waals surface area contributed by atoms with Crippen molar-refractivity contribution in [1.82, 2.24) is 9.55 Å². The zero-order valence-corrected chi connectivity index (χ0v) is 21.9. The Morgan fingerprint density at radius 2 is 1.73 bits per heavy atom. The van der Waals surface area contributed by atoms with E-state index in [1.807, 2.05) is 73.7 Å². The van der Waals surface area contributed by atoms with Crippen molar-refractivity contribution in [2.45, 2.75) is 39.7 Å². The fourth-order valence-electron chi connectivity index (χ4n) is 4.09. The predicted molar refractivity (Wildman–Crippen MR) is 150 cm³/mol. The molecular formula is C30H33N5O2. The molecule has 1 heterocycles. The number of aromatic nitrogens is 2. The summed E-state index contributed by atoms with van der Waals surface area (Å²) in [5.41, 5.74) is 11.9. The maximum Gasteiger partial charge on any atom is 0.293 e. The van der Waals surface area contributed by atoms with E-state index >= 15 is 0 Å². The van der Waals surface area contributed by atoms with Gasteiger partial charge in [0.05, 0.1) is 5.69 Å². The van der Waals surface area contributed by atoms with Gasteiger partial charge in [0.25, 0.3) is 11.5 Å². The minimum absolute atomic E-state index is 0.0175. The normalized spacial score (nSPS) is 11.3. The number of aryl methyl sites for hydroxylation is 1. The van der Waals surface area contributed by atoms with Gasteiger partial charge < -0.3 is 20.9 Å². The summed E-state index contributed by atoms with van der Waals surface area (Å²) in [5, 5.41) is 6.16. The summed E-state index contributed by atoms with van der Waals surface area (Å²) in [5.74, 6) is 0.0261. The number of rotatable bonds is 6. The monoisotopic (exact) mass is 495 g/mol. The van der Waals surface area contributed by atoms with E-state index < -0.39 is 0 Å². The van der Waals surface area contributed by atoms with Crippen molar-refractivity contribution < 1.29 is 4.79 Å². The minimum Gasteiger partial charge on any atom is -0.336 e. The third kappa shape index (κ3) is 5.78. The first-order valence-corrected chi connectivity index (χ1v) is 12.2. The Kier molecular flexibility index (Phi) is 7.27. The van der Waals surface area contributed by atoms with Gasteiger partial charge in [-0.3, -0.25) is 9.59 Å². The van der Waals surface area contributed by atoms with Crippen LogP contribution >= 0.6 is 0 Å². The molecule has 1 amide bonds. The fourth-order valence-corrected chi connectivity index (χ4v) is 4.09. The summed E-state index contributed by atoms with van der Waals surface area (Å²) in [7, 11) is 1.69. The molecule has 0 radical (unpaired) electrons. The smallest absolute Gasteiger partial charge is 0.293 e. The lowest BCUT2D eigenvalue weighted by Gasteiger charge is -2.19. The average molecular weight is 496 g/mol. The first-order valence-electron chi connectivity index (χ1n) is 12.2. The second-order valence-electron chi connectivity index (χ2n) is 10.2. The topological polar surface area (TPSA) is 102 Å². The lowest BCUT2D eigenvalue weighted by atomic mass is 9.86. The van der Waals surface area contributed by atoms with Crippen LogP contribution in [0.3, 0.4) is 0 Å². The molecule has 0 spiro atoms. The Balaban J connectivity index is 1.63. The Bertz CT molecular complexity index is 1500. The highest BCUT2D eigenvalue weighted by Gasteiger charge is 2.16. The quantitative estimate of drug-likeness (QED) is 0.327. The van der Waals surface area contributed by atoms with Crippen molar-refractivity contribution in [3.63, 3.8) is 0 Å². The average Bonchev–Trinajstić information content (AvgIpc) is 2.87. The van der Waals surface area contributed by atoms with Crippen molar-refractivity contribution in [1.29, 1.82) is 0 Å². The molecule has 0 atom stereocenters. The molecule has 1 aromatic heterocycles. The summed E-state index contributed by atoms with van der Waals surface area (Å²) in [4.78, 5) is 30.4. The number of nitrogens with zero attached hydrogens (tertiary/aromatic N) is 2. The summed E-state index contributed by atoms with van der Waals surface area (Å²) in [6, 6.07) is 20.9. The van der Waals surface area contributed by atoms with E-state index in [1.165, 1.54) is 10.1 Å². The number of carbonyl (C=O) groups is 1. The van der Waals surface area contributed by atoms with E-state index in [0.29, 0.717) is 23.5 Å². The third-order valence-electron chi connectivity index (χ3n) is 6.37.